The number of amides is 1. The summed E-state index contributed by atoms with van der Waals surface area (Å²) in [5, 5.41) is 8.01. The average molecular weight is 375 g/mol. The normalized spacial score (nSPS) is 16.6. The first-order chi connectivity index (χ1) is 9.70. The van der Waals surface area contributed by atoms with E-state index in [2.05, 4.69) is 28.2 Å². The van der Waals surface area contributed by atoms with Crippen LogP contribution in [0, 0.1) is 18.8 Å². The monoisotopic (exact) mass is 374 g/mol. The molecule has 1 aliphatic carbocycles. The first kappa shape index (κ1) is 16.5. The Morgan fingerprint density at radius 3 is 2.62 bits per heavy atom. The van der Waals surface area contributed by atoms with Gasteiger partial charge in [0.2, 0.25) is 10.0 Å². The molecule has 0 aromatic heterocycles. The molecule has 1 fully saturated rings. The molecule has 0 radical (unpaired) electrons. The third-order valence-corrected chi connectivity index (χ3v) is 5.62. The minimum Gasteiger partial charge on any atom is -0.352 e. The largest absolute Gasteiger partial charge is 0.352 e. The van der Waals surface area contributed by atoms with Crippen LogP contribution in [0.4, 0.5) is 0 Å². The van der Waals surface area contributed by atoms with Crippen molar-refractivity contribution in [3.05, 3.63) is 27.7 Å². The van der Waals surface area contributed by atoms with Crippen molar-refractivity contribution in [3.8, 4) is 0 Å². The van der Waals surface area contributed by atoms with Gasteiger partial charge >= 0.3 is 0 Å². The number of benzene rings is 1. The van der Waals surface area contributed by atoms with Gasteiger partial charge in [0.05, 0.1) is 4.90 Å². The van der Waals surface area contributed by atoms with Gasteiger partial charge in [-0.1, -0.05) is 22.9 Å². The van der Waals surface area contributed by atoms with Crippen LogP contribution in [0.3, 0.4) is 0 Å². The molecule has 0 spiro atoms. The molecule has 0 bridgehead atoms. The van der Waals surface area contributed by atoms with Crippen LogP contribution in [0.1, 0.15) is 35.7 Å². The maximum Gasteiger partial charge on any atom is 0.251 e. The van der Waals surface area contributed by atoms with Crippen LogP contribution < -0.4 is 10.5 Å². The minimum atomic E-state index is -3.84. The van der Waals surface area contributed by atoms with Crippen molar-refractivity contribution in [2.24, 2.45) is 17.0 Å². The Balaban J connectivity index is 2.21. The first-order valence-electron chi connectivity index (χ1n) is 6.81. The molecule has 1 aromatic rings. The van der Waals surface area contributed by atoms with E-state index in [0.29, 0.717) is 34.0 Å². The second-order valence-electron chi connectivity index (χ2n) is 5.65. The second-order valence-corrected chi connectivity index (χ2v) is 8.06. The van der Waals surface area contributed by atoms with Gasteiger partial charge in [-0.25, -0.2) is 13.6 Å². The predicted octanol–water partition coefficient (Wildman–Crippen LogP) is 2.18. The quantitative estimate of drug-likeness (QED) is 0.827. The lowest BCUT2D eigenvalue weighted by Crippen LogP contribution is -2.30. The van der Waals surface area contributed by atoms with Crippen molar-refractivity contribution >= 4 is 31.9 Å². The van der Waals surface area contributed by atoms with Crippen LogP contribution in [0.5, 0.6) is 0 Å². The van der Waals surface area contributed by atoms with E-state index in [1.807, 2.05) is 0 Å². The fraction of sp³-hybridized carbons (Fsp3) is 0.500. The smallest absolute Gasteiger partial charge is 0.251 e. The molecular weight excluding hydrogens is 356 g/mol. The molecule has 116 valence electrons. The molecule has 2 rings (SSSR count). The Hall–Kier alpha value is -0.920. The molecule has 0 aliphatic heterocycles. The lowest BCUT2D eigenvalue weighted by Gasteiger charge is -2.14. The number of rotatable bonds is 5. The summed E-state index contributed by atoms with van der Waals surface area (Å²) in [6, 6.07) is 2.74. The fourth-order valence-corrected chi connectivity index (χ4v) is 3.41. The molecule has 1 unspecified atom stereocenters. The topological polar surface area (TPSA) is 89.3 Å². The summed E-state index contributed by atoms with van der Waals surface area (Å²) in [6.07, 6.45) is 2.45. The van der Waals surface area contributed by atoms with Crippen molar-refractivity contribution < 1.29 is 13.2 Å². The SMILES string of the molecule is Cc1c(Br)cc(S(N)(=O)=O)cc1C(=O)NCC(C)C1CC1. The van der Waals surface area contributed by atoms with Gasteiger partial charge in [0, 0.05) is 16.6 Å². The van der Waals surface area contributed by atoms with Crippen LogP contribution in [0.15, 0.2) is 21.5 Å². The van der Waals surface area contributed by atoms with Gasteiger partial charge in [0.15, 0.2) is 0 Å². The summed E-state index contributed by atoms with van der Waals surface area (Å²) in [6.45, 7) is 4.47. The molecule has 0 saturated heterocycles. The number of halogens is 1. The van der Waals surface area contributed by atoms with Crippen molar-refractivity contribution in [3.63, 3.8) is 0 Å². The van der Waals surface area contributed by atoms with E-state index >= 15 is 0 Å². The summed E-state index contributed by atoms with van der Waals surface area (Å²) in [4.78, 5) is 12.2. The molecular formula is C14H19BrN2O3S. The zero-order valence-corrected chi connectivity index (χ0v) is 14.4. The lowest BCUT2D eigenvalue weighted by molar-refractivity contribution is 0.0946. The van der Waals surface area contributed by atoms with Crippen LogP contribution in [-0.2, 0) is 10.0 Å². The molecule has 1 saturated carbocycles. The van der Waals surface area contributed by atoms with Crippen molar-refractivity contribution in [2.75, 3.05) is 6.54 Å². The van der Waals surface area contributed by atoms with Gasteiger partial charge in [-0.15, -0.1) is 0 Å². The molecule has 3 N–H and O–H groups in total. The van der Waals surface area contributed by atoms with Crippen molar-refractivity contribution in [1.82, 2.24) is 5.32 Å². The zero-order chi connectivity index (χ0) is 15.8. The molecule has 1 atom stereocenters. The van der Waals surface area contributed by atoms with E-state index in [0.717, 1.165) is 0 Å². The predicted molar refractivity (Wildman–Crippen MR) is 84.5 cm³/mol. The van der Waals surface area contributed by atoms with Gasteiger partial charge in [0.1, 0.15) is 0 Å². The van der Waals surface area contributed by atoms with E-state index in [-0.39, 0.29) is 10.8 Å². The summed E-state index contributed by atoms with van der Waals surface area (Å²) in [7, 11) is -3.84. The standard InChI is InChI=1S/C14H19BrN2O3S/c1-8(10-3-4-10)7-17-14(18)12-5-11(21(16,19)20)6-13(15)9(12)2/h5-6,8,10H,3-4,7H2,1-2H3,(H,17,18)(H2,16,19,20). The molecule has 1 aromatic carbocycles. The van der Waals surface area contributed by atoms with Crippen molar-refractivity contribution in [1.29, 1.82) is 0 Å². The molecule has 1 aliphatic rings. The average Bonchev–Trinajstić information content (AvgIpc) is 3.21. The number of nitrogens with one attached hydrogen (secondary N) is 1. The van der Waals surface area contributed by atoms with Crippen LogP contribution >= 0.6 is 15.9 Å². The molecule has 21 heavy (non-hydrogen) atoms. The van der Waals surface area contributed by atoms with Gasteiger partial charge < -0.3 is 5.32 Å². The highest BCUT2D eigenvalue weighted by Gasteiger charge is 2.28. The fourth-order valence-electron chi connectivity index (χ4n) is 2.23. The van der Waals surface area contributed by atoms with E-state index in [4.69, 9.17) is 5.14 Å². The summed E-state index contributed by atoms with van der Waals surface area (Å²) in [5.41, 5.74) is 1.02. The summed E-state index contributed by atoms with van der Waals surface area (Å²) >= 11 is 3.27. The van der Waals surface area contributed by atoms with Crippen molar-refractivity contribution in [2.45, 2.75) is 31.6 Å². The second kappa shape index (κ2) is 6.06. The highest BCUT2D eigenvalue weighted by atomic mass is 79.9. The van der Waals surface area contributed by atoms with Crippen LogP contribution in [0.25, 0.3) is 0 Å². The van der Waals surface area contributed by atoms with E-state index in [1.165, 1.54) is 25.0 Å². The third kappa shape index (κ3) is 4.05. The Bertz CT molecular complexity index is 669. The molecule has 0 heterocycles. The van der Waals surface area contributed by atoms with Crippen LogP contribution in [-0.4, -0.2) is 20.9 Å². The van der Waals surface area contributed by atoms with Gasteiger partial charge in [-0.05, 0) is 49.3 Å². The highest BCUT2D eigenvalue weighted by Crippen LogP contribution is 2.36. The Morgan fingerprint density at radius 1 is 1.48 bits per heavy atom. The zero-order valence-electron chi connectivity index (χ0n) is 12.0. The Morgan fingerprint density at radius 2 is 2.10 bits per heavy atom. The Labute approximate surface area is 133 Å². The molecule has 5 nitrogen and oxygen atoms in total. The number of primary sulfonamides is 1. The van der Waals surface area contributed by atoms with E-state index in [9.17, 15) is 13.2 Å². The van der Waals surface area contributed by atoms with Gasteiger partial charge in [-0.3, -0.25) is 4.79 Å². The first-order valence-corrected chi connectivity index (χ1v) is 9.15. The van der Waals surface area contributed by atoms with E-state index in [1.54, 1.807) is 6.92 Å². The maximum absolute atomic E-state index is 12.3. The summed E-state index contributed by atoms with van der Waals surface area (Å²) in [5.74, 6) is 0.874. The van der Waals surface area contributed by atoms with E-state index < -0.39 is 10.0 Å². The number of carbonyl (C=O) groups is 1. The highest BCUT2D eigenvalue weighted by molar-refractivity contribution is 9.10. The summed E-state index contributed by atoms with van der Waals surface area (Å²) < 4.78 is 23.5. The Kier molecular flexibility index (Phi) is 4.75. The van der Waals surface area contributed by atoms with Gasteiger partial charge in [0.25, 0.3) is 5.91 Å². The van der Waals surface area contributed by atoms with Crippen LogP contribution in [0.2, 0.25) is 0 Å². The lowest BCUT2D eigenvalue weighted by atomic mass is 10.1. The number of carbonyl (C=O) groups excluding carboxylic acids is 1. The third-order valence-electron chi connectivity index (χ3n) is 3.90. The number of sulfonamides is 1. The number of nitrogens with two attached hydrogens (primary N) is 1. The number of hydrogen-bond donors (Lipinski definition) is 2. The maximum atomic E-state index is 12.3. The minimum absolute atomic E-state index is 0.0691. The molecule has 1 amide bonds. The molecule has 7 heteroatoms. The number of hydrogen-bond acceptors (Lipinski definition) is 3. The van der Waals surface area contributed by atoms with Gasteiger partial charge in [-0.2, -0.15) is 0 Å².